The summed E-state index contributed by atoms with van der Waals surface area (Å²) in [6.07, 6.45) is 7.97. The Balaban J connectivity index is 2.59. The Morgan fingerprint density at radius 2 is 1.53 bits per heavy atom. The van der Waals surface area contributed by atoms with Gasteiger partial charge in [-0.15, -0.1) is 0 Å². The first kappa shape index (κ1) is 13.8. The molecule has 1 heteroatoms. The minimum atomic E-state index is 1.11. The molecule has 0 unspecified atom stereocenters. The Hall–Kier alpha value is -1.24. The average molecular weight is 231 g/mol. The van der Waals surface area contributed by atoms with E-state index < -0.39 is 0 Å². The van der Waals surface area contributed by atoms with E-state index in [4.69, 9.17) is 0 Å². The second-order valence-corrected chi connectivity index (χ2v) is 4.45. The van der Waals surface area contributed by atoms with Gasteiger partial charge in [0.05, 0.1) is 0 Å². The molecule has 1 nitrogen and oxygen atoms in total. The van der Waals surface area contributed by atoms with Crippen LogP contribution in [0, 0.1) is 0 Å². The number of rotatable bonds is 7. The summed E-state index contributed by atoms with van der Waals surface area (Å²) in [5.41, 5.74) is 2.69. The van der Waals surface area contributed by atoms with E-state index in [9.17, 15) is 0 Å². The molecular weight excluding hydrogens is 206 g/mol. The van der Waals surface area contributed by atoms with Gasteiger partial charge in [0.2, 0.25) is 0 Å². The fourth-order valence-electron chi connectivity index (χ4n) is 1.89. The molecule has 0 atom stereocenters. The lowest BCUT2D eigenvalue weighted by molar-refractivity contribution is 0.378. The summed E-state index contributed by atoms with van der Waals surface area (Å²) in [6, 6.07) is 8.82. The fourth-order valence-corrected chi connectivity index (χ4v) is 1.89. The van der Waals surface area contributed by atoms with E-state index in [2.05, 4.69) is 62.2 Å². The molecule has 0 radical (unpaired) electrons. The molecule has 1 rings (SSSR count). The van der Waals surface area contributed by atoms with Crippen molar-refractivity contribution < 1.29 is 0 Å². The Morgan fingerprint density at radius 3 is 2.00 bits per heavy atom. The van der Waals surface area contributed by atoms with E-state index in [0.29, 0.717) is 0 Å². The van der Waals surface area contributed by atoms with Crippen LogP contribution < -0.4 is 0 Å². The Kier molecular flexibility index (Phi) is 6.46. The molecule has 0 amide bonds. The van der Waals surface area contributed by atoms with E-state index in [1.807, 2.05) is 0 Å². The van der Waals surface area contributed by atoms with Crippen LogP contribution in [0.2, 0.25) is 0 Å². The van der Waals surface area contributed by atoms with Crippen LogP contribution in [0.1, 0.15) is 44.7 Å². The zero-order valence-electron chi connectivity index (χ0n) is 11.4. The monoisotopic (exact) mass is 231 g/mol. The zero-order chi connectivity index (χ0) is 12.5. The molecule has 0 heterocycles. The van der Waals surface area contributed by atoms with E-state index in [1.54, 1.807) is 0 Å². The van der Waals surface area contributed by atoms with Gasteiger partial charge in [0.1, 0.15) is 0 Å². The van der Waals surface area contributed by atoms with Crippen molar-refractivity contribution in [3.05, 3.63) is 41.6 Å². The Morgan fingerprint density at radius 1 is 0.941 bits per heavy atom. The molecule has 1 aromatic rings. The molecule has 0 aliphatic heterocycles. The molecule has 0 aromatic heterocycles. The summed E-state index contributed by atoms with van der Waals surface area (Å²) in [5, 5.41) is 0. The molecule has 0 aliphatic carbocycles. The standard InChI is InChI=1S/C16H25N/c1-4-12-17(13-5-2)14-11-16-9-7-15(6-3)8-10-16/h7-11,14H,4-6,12-13H2,1-3H3/b14-11+. The van der Waals surface area contributed by atoms with Crippen LogP contribution in [0.5, 0.6) is 0 Å². The highest BCUT2D eigenvalue weighted by atomic mass is 15.1. The number of aryl methyl sites for hydroxylation is 1. The molecule has 0 spiro atoms. The summed E-state index contributed by atoms with van der Waals surface area (Å²) < 4.78 is 0. The van der Waals surface area contributed by atoms with Crippen molar-refractivity contribution in [1.82, 2.24) is 4.90 Å². The normalized spacial score (nSPS) is 11.0. The summed E-state index contributed by atoms with van der Waals surface area (Å²) >= 11 is 0. The first-order valence-corrected chi connectivity index (χ1v) is 6.81. The minimum Gasteiger partial charge on any atom is -0.377 e. The summed E-state index contributed by atoms with van der Waals surface area (Å²) in [5.74, 6) is 0. The van der Waals surface area contributed by atoms with Crippen molar-refractivity contribution in [2.45, 2.75) is 40.0 Å². The summed E-state index contributed by atoms with van der Waals surface area (Å²) in [7, 11) is 0. The predicted molar refractivity (Wildman–Crippen MR) is 77.0 cm³/mol. The lowest BCUT2D eigenvalue weighted by atomic mass is 10.1. The van der Waals surface area contributed by atoms with Crippen LogP contribution in [0.25, 0.3) is 6.08 Å². The SMILES string of the molecule is CCCN(/C=C/c1ccc(CC)cc1)CCC. The smallest absolute Gasteiger partial charge is 0.0169 e. The minimum absolute atomic E-state index is 1.11. The van der Waals surface area contributed by atoms with Gasteiger partial charge in [0, 0.05) is 13.1 Å². The van der Waals surface area contributed by atoms with Crippen molar-refractivity contribution >= 4 is 6.08 Å². The highest BCUT2D eigenvalue weighted by Crippen LogP contribution is 2.07. The lowest BCUT2D eigenvalue weighted by Crippen LogP contribution is -2.18. The van der Waals surface area contributed by atoms with Crippen molar-refractivity contribution in [2.75, 3.05) is 13.1 Å². The third-order valence-electron chi connectivity index (χ3n) is 2.89. The number of nitrogens with zero attached hydrogens (tertiary/aromatic N) is 1. The van der Waals surface area contributed by atoms with Gasteiger partial charge in [-0.2, -0.15) is 0 Å². The van der Waals surface area contributed by atoms with E-state index in [1.165, 1.54) is 24.0 Å². The summed E-state index contributed by atoms with van der Waals surface area (Å²) in [4.78, 5) is 2.40. The second-order valence-electron chi connectivity index (χ2n) is 4.45. The Bertz CT molecular complexity index is 318. The van der Waals surface area contributed by atoms with E-state index in [-0.39, 0.29) is 0 Å². The van der Waals surface area contributed by atoms with E-state index in [0.717, 1.165) is 19.5 Å². The van der Waals surface area contributed by atoms with Crippen LogP contribution in [-0.4, -0.2) is 18.0 Å². The van der Waals surface area contributed by atoms with Gasteiger partial charge in [-0.3, -0.25) is 0 Å². The highest BCUT2D eigenvalue weighted by Gasteiger charge is 1.95. The maximum absolute atomic E-state index is 2.40. The van der Waals surface area contributed by atoms with Gasteiger partial charge >= 0.3 is 0 Å². The number of hydrogen-bond donors (Lipinski definition) is 0. The predicted octanol–water partition coefficient (Wildman–Crippen LogP) is 4.34. The number of benzene rings is 1. The average Bonchev–Trinajstić information content (AvgIpc) is 2.37. The molecule has 1 aromatic carbocycles. The molecule has 0 aliphatic rings. The third kappa shape index (κ3) is 5.08. The van der Waals surface area contributed by atoms with Gasteiger partial charge in [0.15, 0.2) is 0 Å². The largest absolute Gasteiger partial charge is 0.377 e. The first-order valence-electron chi connectivity index (χ1n) is 6.81. The maximum Gasteiger partial charge on any atom is 0.0169 e. The van der Waals surface area contributed by atoms with Crippen molar-refractivity contribution in [3.8, 4) is 0 Å². The quantitative estimate of drug-likeness (QED) is 0.674. The molecule has 0 N–H and O–H groups in total. The van der Waals surface area contributed by atoms with Crippen molar-refractivity contribution in [2.24, 2.45) is 0 Å². The molecule has 17 heavy (non-hydrogen) atoms. The Labute approximate surface area is 106 Å². The van der Waals surface area contributed by atoms with Gasteiger partial charge in [0.25, 0.3) is 0 Å². The van der Waals surface area contributed by atoms with E-state index >= 15 is 0 Å². The summed E-state index contributed by atoms with van der Waals surface area (Å²) in [6.45, 7) is 8.95. The van der Waals surface area contributed by atoms with Crippen LogP contribution >= 0.6 is 0 Å². The molecule has 94 valence electrons. The topological polar surface area (TPSA) is 3.24 Å². The van der Waals surface area contributed by atoms with Gasteiger partial charge < -0.3 is 4.90 Å². The van der Waals surface area contributed by atoms with Crippen LogP contribution in [0.3, 0.4) is 0 Å². The molecular formula is C16H25N. The highest BCUT2D eigenvalue weighted by molar-refractivity contribution is 5.49. The van der Waals surface area contributed by atoms with Crippen LogP contribution in [-0.2, 0) is 6.42 Å². The van der Waals surface area contributed by atoms with Gasteiger partial charge in [-0.05, 0) is 42.7 Å². The zero-order valence-corrected chi connectivity index (χ0v) is 11.4. The third-order valence-corrected chi connectivity index (χ3v) is 2.89. The fraction of sp³-hybridized carbons (Fsp3) is 0.500. The number of hydrogen-bond acceptors (Lipinski definition) is 1. The molecule has 0 fully saturated rings. The van der Waals surface area contributed by atoms with Crippen LogP contribution in [0.15, 0.2) is 30.5 Å². The van der Waals surface area contributed by atoms with Crippen LogP contribution in [0.4, 0.5) is 0 Å². The molecule has 0 saturated carbocycles. The molecule has 0 bridgehead atoms. The second kappa shape index (κ2) is 7.94. The molecule has 0 saturated heterocycles. The van der Waals surface area contributed by atoms with Crippen molar-refractivity contribution in [3.63, 3.8) is 0 Å². The maximum atomic E-state index is 2.40. The van der Waals surface area contributed by atoms with Gasteiger partial charge in [-0.1, -0.05) is 45.0 Å². The van der Waals surface area contributed by atoms with Crippen molar-refractivity contribution in [1.29, 1.82) is 0 Å². The first-order chi connectivity index (χ1) is 8.30. The lowest BCUT2D eigenvalue weighted by Gasteiger charge is -2.18. The van der Waals surface area contributed by atoms with Gasteiger partial charge in [-0.25, -0.2) is 0 Å².